The van der Waals surface area contributed by atoms with Gasteiger partial charge in [-0.15, -0.1) is 0 Å². The number of hydrogen-bond acceptors (Lipinski definition) is 6. The molecule has 3 aliphatic rings. The van der Waals surface area contributed by atoms with Crippen LogP contribution >= 0.6 is 0 Å². The minimum Gasteiger partial charge on any atom is -0.476 e. The average molecular weight is 515 g/mol. The summed E-state index contributed by atoms with van der Waals surface area (Å²) in [5, 5.41) is 3.48. The smallest absolute Gasteiger partial charge is 0.198 e. The number of hydrogen-bond donors (Lipinski definition) is 1. The maximum atomic E-state index is 14.3. The monoisotopic (exact) mass is 514 g/mol. The van der Waals surface area contributed by atoms with Crippen LogP contribution in [0.15, 0.2) is 83.6 Å². The third kappa shape index (κ3) is 4.40. The highest BCUT2D eigenvalue weighted by molar-refractivity contribution is 6.11. The molecule has 6 nitrogen and oxygen atoms in total. The lowest BCUT2D eigenvalue weighted by Gasteiger charge is -2.48. The summed E-state index contributed by atoms with van der Waals surface area (Å²) in [6.45, 7) is 13.5. The predicted octanol–water partition coefficient (Wildman–Crippen LogP) is 5.73. The zero-order valence-electron chi connectivity index (χ0n) is 23.2. The summed E-state index contributed by atoms with van der Waals surface area (Å²) >= 11 is 0. The van der Waals surface area contributed by atoms with Crippen molar-refractivity contribution in [3.63, 3.8) is 0 Å². The van der Waals surface area contributed by atoms with Gasteiger partial charge in [-0.3, -0.25) is 9.59 Å². The summed E-state index contributed by atoms with van der Waals surface area (Å²) in [5.41, 5.74) is 1.81. The van der Waals surface area contributed by atoms with Crippen molar-refractivity contribution < 1.29 is 19.1 Å². The molecule has 3 unspecified atom stereocenters. The molecule has 2 aromatic rings. The second kappa shape index (κ2) is 9.64. The Kier molecular flexibility index (Phi) is 6.62. The van der Waals surface area contributed by atoms with E-state index in [0.29, 0.717) is 47.3 Å². The first kappa shape index (κ1) is 26.1. The Balaban J connectivity index is 1.72. The number of carbonyl (C=O) groups is 2. The second-order valence-electron chi connectivity index (χ2n) is 11.9. The van der Waals surface area contributed by atoms with E-state index in [4.69, 9.17) is 9.47 Å². The molecular weight excluding hydrogens is 476 g/mol. The molecule has 0 bridgehead atoms. The maximum Gasteiger partial charge on any atom is 0.198 e. The molecule has 1 N–H and O–H groups in total. The summed E-state index contributed by atoms with van der Waals surface area (Å²) in [6.07, 6.45) is 0.745. The summed E-state index contributed by atoms with van der Waals surface area (Å²) < 4.78 is 12.6. The zero-order chi connectivity index (χ0) is 27.2. The number of rotatable bonds is 6. The molecule has 200 valence electrons. The highest BCUT2D eigenvalue weighted by Crippen LogP contribution is 2.49. The third-order valence-electron chi connectivity index (χ3n) is 8.02. The number of ether oxygens (including phenoxy) is 2. The van der Waals surface area contributed by atoms with E-state index in [1.807, 2.05) is 60.7 Å². The lowest BCUT2D eigenvalue weighted by molar-refractivity contribution is 0.0690. The fourth-order valence-electron chi connectivity index (χ4n) is 6.12. The van der Waals surface area contributed by atoms with E-state index in [0.717, 1.165) is 6.42 Å². The molecule has 0 saturated carbocycles. The topological polar surface area (TPSA) is 67.9 Å². The lowest BCUT2D eigenvalue weighted by atomic mass is 9.71. The molecule has 0 radical (unpaired) electrons. The largest absolute Gasteiger partial charge is 0.476 e. The van der Waals surface area contributed by atoms with Crippen LogP contribution in [0.3, 0.4) is 0 Å². The van der Waals surface area contributed by atoms with Gasteiger partial charge in [0, 0.05) is 11.1 Å². The highest BCUT2D eigenvalue weighted by atomic mass is 16.5. The van der Waals surface area contributed by atoms with Gasteiger partial charge >= 0.3 is 0 Å². The molecule has 3 aliphatic heterocycles. The van der Waals surface area contributed by atoms with Gasteiger partial charge in [-0.25, -0.2) is 0 Å². The lowest BCUT2D eigenvalue weighted by Crippen LogP contribution is -2.56. The second-order valence-corrected chi connectivity index (χ2v) is 11.9. The maximum absolute atomic E-state index is 14.3. The molecule has 2 fully saturated rings. The number of benzene rings is 2. The van der Waals surface area contributed by atoms with Gasteiger partial charge in [0.2, 0.25) is 0 Å². The van der Waals surface area contributed by atoms with E-state index >= 15 is 0 Å². The first-order valence-electron chi connectivity index (χ1n) is 13.6. The molecule has 0 aromatic heterocycles. The first-order valence-corrected chi connectivity index (χ1v) is 13.6. The number of Topliss-reactive ketones (excluding diaryl/α,β-unsaturated/α-hetero) is 2. The number of carbonyl (C=O) groups excluding carboxylic acids is 2. The Bertz CT molecular complexity index is 1290. The fourth-order valence-corrected chi connectivity index (χ4v) is 6.12. The number of nitrogens with zero attached hydrogens (tertiary/aromatic N) is 1. The molecule has 2 aromatic carbocycles. The molecule has 2 saturated heterocycles. The Morgan fingerprint density at radius 2 is 1.53 bits per heavy atom. The first-order chi connectivity index (χ1) is 18.1. The van der Waals surface area contributed by atoms with Gasteiger partial charge in [-0.1, -0.05) is 74.5 Å². The van der Waals surface area contributed by atoms with Crippen LogP contribution in [-0.4, -0.2) is 46.8 Å². The van der Waals surface area contributed by atoms with Crippen LogP contribution in [0.4, 0.5) is 0 Å². The summed E-state index contributed by atoms with van der Waals surface area (Å²) in [6, 6.07) is 18.4. The van der Waals surface area contributed by atoms with Crippen molar-refractivity contribution in [1.29, 1.82) is 0 Å². The Hall–Kier alpha value is -3.54. The predicted molar refractivity (Wildman–Crippen MR) is 147 cm³/mol. The van der Waals surface area contributed by atoms with E-state index in [2.05, 4.69) is 51.8 Å². The third-order valence-corrected chi connectivity index (χ3v) is 8.02. The van der Waals surface area contributed by atoms with Crippen LogP contribution in [0.1, 0.15) is 68.7 Å². The molecule has 5 rings (SSSR count). The van der Waals surface area contributed by atoms with Gasteiger partial charge in [-0.05, 0) is 46.0 Å². The van der Waals surface area contributed by atoms with Crippen LogP contribution in [0.2, 0.25) is 0 Å². The molecule has 0 amide bonds. The van der Waals surface area contributed by atoms with Gasteiger partial charge in [-0.2, -0.15) is 0 Å². The van der Waals surface area contributed by atoms with E-state index < -0.39 is 5.54 Å². The average Bonchev–Trinajstić information content (AvgIpc) is 3.43. The fraction of sp³-hybridized carbons (Fsp3) is 0.438. The van der Waals surface area contributed by atoms with Crippen LogP contribution in [-0.2, 0) is 9.47 Å². The van der Waals surface area contributed by atoms with Crippen molar-refractivity contribution in [1.82, 2.24) is 10.2 Å². The minimum atomic E-state index is -0.438. The van der Waals surface area contributed by atoms with Crippen LogP contribution in [0.25, 0.3) is 0 Å². The molecule has 3 atom stereocenters. The SMILES string of the molecule is CCC1C(C(=O)c2ccccc2)=C2OCC(C)(C)N2C(/C(C(=O)c2ccccc2)=C2/NC(C)(C)CO2)C1C. The van der Waals surface area contributed by atoms with E-state index in [9.17, 15) is 9.59 Å². The number of allylic oxidation sites excluding steroid dienone is 1. The molecular formula is C32H38N2O4. The van der Waals surface area contributed by atoms with Gasteiger partial charge < -0.3 is 19.7 Å². The molecule has 6 heteroatoms. The van der Waals surface area contributed by atoms with E-state index in [1.54, 1.807) is 0 Å². The quantitative estimate of drug-likeness (QED) is 0.392. The number of ketones is 2. The standard InChI is InChI=1S/C32H38N2O4/c1-7-23-20(2)26(25(29-33-31(3,4)18-37-29)28(36)22-16-12-9-13-17-22)34-30(38-19-32(34,5)6)24(23)27(35)21-14-10-8-11-15-21/h8-17,20,23,26,33H,7,18-19H2,1-6H3/b29-25+. The normalized spacial score (nSPS) is 26.7. The van der Waals surface area contributed by atoms with E-state index in [-0.39, 0.29) is 35.0 Å². The van der Waals surface area contributed by atoms with Gasteiger partial charge in [0.15, 0.2) is 23.3 Å². The Labute approximate surface area is 225 Å². The minimum absolute atomic E-state index is 0.0135. The highest BCUT2D eigenvalue weighted by Gasteiger charge is 2.55. The molecule has 3 heterocycles. The van der Waals surface area contributed by atoms with Crippen molar-refractivity contribution in [3.8, 4) is 0 Å². The molecule has 38 heavy (non-hydrogen) atoms. The van der Waals surface area contributed by atoms with Gasteiger partial charge in [0.1, 0.15) is 13.2 Å². The summed E-state index contributed by atoms with van der Waals surface area (Å²) in [4.78, 5) is 30.4. The van der Waals surface area contributed by atoms with Gasteiger partial charge in [0.25, 0.3) is 0 Å². The zero-order valence-corrected chi connectivity index (χ0v) is 23.2. The van der Waals surface area contributed by atoms with Gasteiger partial charge in [0.05, 0.1) is 28.3 Å². The van der Waals surface area contributed by atoms with Crippen LogP contribution < -0.4 is 5.32 Å². The summed E-state index contributed by atoms with van der Waals surface area (Å²) in [7, 11) is 0. The van der Waals surface area contributed by atoms with Crippen molar-refractivity contribution in [2.45, 2.75) is 65.1 Å². The number of nitrogens with one attached hydrogen (secondary N) is 1. The van der Waals surface area contributed by atoms with Crippen molar-refractivity contribution in [2.75, 3.05) is 13.2 Å². The van der Waals surface area contributed by atoms with E-state index in [1.165, 1.54) is 0 Å². The summed E-state index contributed by atoms with van der Waals surface area (Å²) in [5.74, 6) is 0.876. The molecule has 0 aliphatic carbocycles. The Morgan fingerprint density at radius 3 is 2.08 bits per heavy atom. The van der Waals surface area contributed by atoms with Crippen LogP contribution in [0, 0.1) is 11.8 Å². The van der Waals surface area contributed by atoms with Crippen molar-refractivity contribution in [3.05, 3.63) is 94.7 Å². The van der Waals surface area contributed by atoms with Crippen LogP contribution in [0.5, 0.6) is 0 Å². The molecule has 0 spiro atoms. The van der Waals surface area contributed by atoms with Crippen molar-refractivity contribution in [2.24, 2.45) is 11.8 Å². The van der Waals surface area contributed by atoms with Crippen molar-refractivity contribution >= 4 is 11.6 Å². The Morgan fingerprint density at radius 1 is 0.921 bits per heavy atom. The number of fused-ring (bicyclic) bond motifs is 1.